The van der Waals surface area contributed by atoms with Crippen molar-refractivity contribution in [3.05, 3.63) is 28.8 Å². The van der Waals surface area contributed by atoms with Crippen LogP contribution in [0.25, 0.3) is 0 Å². The number of nitrogens with zero attached hydrogens (tertiary/aromatic N) is 1. The van der Waals surface area contributed by atoms with Gasteiger partial charge in [-0.1, -0.05) is 24.9 Å². The molecule has 1 amide bonds. The van der Waals surface area contributed by atoms with Gasteiger partial charge in [0.25, 0.3) is 5.91 Å². The molecule has 6 nitrogen and oxygen atoms in total. The number of benzene rings is 1. The van der Waals surface area contributed by atoms with Gasteiger partial charge < -0.3 is 20.4 Å². The number of piperidine rings is 1. The molecule has 1 saturated heterocycles. The van der Waals surface area contributed by atoms with E-state index >= 15 is 0 Å². The first-order valence-electron chi connectivity index (χ1n) is 8.03. The number of aliphatic hydroxyl groups excluding tert-OH is 1. The number of carbonyl (C=O) groups excluding carboxylic acids is 1. The molecule has 0 aromatic heterocycles. The highest BCUT2D eigenvalue weighted by Crippen LogP contribution is 2.37. The van der Waals surface area contributed by atoms with Crippen molar-refractivity contribution in [2.45, 2.75) is 32.3 Å². The minimum Gasteiger partial charge on any atom is -0.481 e. The van der Waals surface area contributed by atoms with Gasteiger partial charge in [-0.3, -0.25) is 9.59 Å². The van der Waals surface area contributed by atoms with E-state index in [0.717, 1.165) is 0 Å². The minimum absolute atomic E-state index is 0.000795. The molecule has 3 N–H and O–H groups in total. The van der Waals surface area contributed by atoms with Gasteiger partial charge in [0.1, 0.15) is 0 Å². The van der Waals surface area contributed by atoms with E-state index in [-0.39, 0.29) is 25.4 Å². The smallest absolute Gasteiger partial charge is 0.312 e. The van der Waals surface area contributed by atoms with E-state index in [4.69, 9.17) is 11.6 Å². The molecule has 2 atom stereocenters. The molecule has 24 heavy (non-hydrogen) atoms. The molecule has 1 aliphatic rings. The number of aliphatic hydroxyl groups is 1. The molecule has 1 aliphatic heterocycles. The number of β-amino-alcohol motifs (C(OH)–C–C–N with tert-alkyl or cyclic N) is 1. The Balaban J connectivity index is 2.23. The highest BCUT2D eigenvalue weighted by atomic mass is 35.5. The molecule has 1 heterocycles. The monoisotopic (exact) mass is 354 g/mol. The van der Waals surface area contributed by atoms with E-state index in [1.165, 1.54) is 4.90 Å². The van der Waals surface area contributed by atoms with E-state index in [2.05, 4.69) is 5.32 Å². The molecule has 0 saturated carbocycles. The lowest BCUT2D eigenvalue weighted by atomic mass is 9.72. The van der Waals surface area contributed by atoms with Gasteiger partial charge in [0.2, 0.25) is 0 Å². The first kappa shape index (κ1) is 18.5. The summed E-state index contributed by atoms with van der Waals surface area (Å²) in [6.07, 6.45) is 0.197. The Morgan fingerprint density at radius 2 is 2.17 bits per heavy atom. The van der Waals surface area contributed by atoms with Crippen molar-refractivity contribution in [2.75, 3.05) is 25.5 Å². The lowest BCUT2D eigenvalue weighted by molar-refractivity contribution is -0.162. The number of amides is 1. The maximum atomic E-state index is 12.8. The molecule has 0 aliphatic carbocycles. The third kappa shape index (κ3) is 3.35. The summed E-state index contributed by atoms with van der Waals surface area (Å²) < 4.78 is 0. The first-order chi connectivity index (χ1) is 11.4. The summed E-state index contributed by atoms with van der Waals surface area (Å²) in [5, 5.41) is 23.4. The average Bonchev–Trinajstić information content (AvgIpc) is 2.56. The number of nitrogens with one attached hydrogen (secondary N) is 1. The molecule has 0 spiro atoms. The zero-order valence-corrected chi connectivity index (χ0v) is 14.6. The van der Waals surface area contributed by atoms with Gasteiger partial charge >= 0.3 is 5.97 Å². The van der Waals surface area contributed by atoms with Crippen molar-refractivity contribution in [1.82, 2.24) is 4.90 Å². The SMILES string of the molecule is CCC[C@]1(C(=O)O)CCN(C(=O)c2cc(Cl)ccc2NC)C[C@H]1O. The van der Waals surface area contributed by atoms with Crippen molar-refractivity contribution >= 4 is 29.2 Å². The van der Waals surface area contributed by atoms with Crippen molar-refractivity contribution in [3.8, 4) is 0 Å². The maximum absolute atomic E-state index is 12.8. The number of rotatable bonds is 5. The predicted octanol–water partition coefficient (Wildman–Crippen LogP) is 2.46. The van der Waals surface area contributed by atoms with Crippen molar-refractivity contribution in [3.63, 3.8) is 0 Å². The number of carboxylic acid groups (broad SMARTS) is 1. The van der Waals surface area contributed by atoms with Crippen LogP contribution in [0.2, 0.25) is 5.02 Å². The highest BCUT2D eigenvalue weighted by molar-refractivity contribution is 6.31. The quantitative estimate of drug-likeness (QED) is 0.755. The van der Waals surface area contributed by atoms with Gasteiger partial charge in [-0.15, -0.1) is 0 Å². The molecular weight excluding hydrogens is 332 g/mol. The van der Waals surface area contributed by atoms with Crippen LogP contribution in [0.4, 0.5) is 5.69 Å². The average molecular weight is 355 g/mol. The van der Waals surface area contributed by atoms with Crippen LogP contribution in [0.3, 0.4) is 0 Å². The summed E-state index contributed by atoms with van der Waals surface area (Å²) >= 11 is 5.99. The molecule has 1 aromatic rings. The van der Waals surface area contributed by atoms with E-state index in [1.807, 2.05) is 6.92 Å². The normalized spacial score (nSPS) is 23.8. The summed E-state index contributed by atoms with van der Waals surface area (Å²) in [5.41, 5.74) is -0.121. The zero-order chi connectivity index (χ0) is 17.9. The number of halogens is 1. The van der Waals surface area contributed by atoms with Crippen molar-refractivity contribution in [1.29, 1.82) is 0 Å². The number of aliphatic carboxylic acids is 1. The summed E-state index contributed by atoms with van der Waals surface area (Å²) in [7, 11) is 1.71. The third-order valence-corrected chi connectivity index (χ3v) is 4.98. The molecule has 132 valence electrons. The van der Waals surface area contributed by atoms with E-state index < -0.39 is 17.5 Å². The van der Waals surface area contributed by atoms with Gasteiger partial charge in [0, 0.05) is 30.8 Å². The predicted molar refractivity (Wildman–Crippen MR) is 92.5 cm³/mol. The van der Waals surface area contributed by atoms with Gasteiger partial charge in [-0.2, -0.15) is 0 Å². The maximum Gasteiger partial charge on any atom is 0.312 e. The van der Waals surface area contributed by atoms with Crippen LogP contribution < -0.4 is 5.32 Å². The highest BCUT2D eigenvalue weighted by Gasteiger charge is 2.48. The van der Waals surface area contributed by atoms with Gasteiger partial charge in [0.05, 0.1) is 17.1 Å². The second kappa shape index (κ2) is 7.40. The molecule has 0 bridgehead atoms. The Kier molecular flexibility index (Phi) is 5.72. The molecule has 0 unspecified atom stereocenters. The van der Waals surface area contributed by atoms with Crippen LogP contribution in [0.1, 0.15) is 36.5 Å². The molecule has 1 fully saturated rings. The van der Waals surface area contributed by atoms with Gasteiger partial charge in [-0.05, 0) is 31.0 Å². The second-order valence-corrected chi connectivity index (χ2v) is 6.60. The topological polar surface area (TPSA) is 89.9 Å². The fraction of sp³-hybridized carbons (Fsp3) is 0.529. The first-order valence-corrected chi connectivity index (χ1v) is 8.41. The minimum atomic E-state index is -1.17. The van der Waals surface area contributed by atoms with Crippen LogP contribution in [0, 0.1) is 5.41 Å². The van der Waals surface area contributed by atoms with Crippen molar-refractivity contribution < 1.29 is 19.8 Å². The zero-order valence-electron chi connectivity index (χ0n) is 13.9. The van der Waals surface area contributed by atoms with E-state index in [9.17, 15) is 19.8 Å². The largest absolute Gasteiger partial charge is 0.481 e. The number of likely N-dealkylation sites (tertiary alicyclic amines) is 1. The number of carbonyl (C=O) groups is 2. The van der Waals surface area contributed by atoms with Crippen LogP contribution in [-0.2, 0) is 4.79 Å². The molecule has 0 radical (unpaired) electrons. The lowest BCUT2D eigenvalue weighted by Crippen LogP contribution is -2.56. The number of anilines is 1. The van der Waals surface area contributed by atoms with E-state index in [0.29, 0.717) is 29.1 Å². The Morgan fingerprint density at radius 1 is 1.46 bits per heavy atom. The standard InChI is InChI=1S/C17H23ClN2O4/c1-3-6-17(16(23)24)7-8-20(10-14(17)21)15(22)12-9-11(18)4-5-13(12)19-2/h4-5,9,14,19,21H,3,6-8,10H2,1-2H3,(H,23,24)/t14-,17+/m1/s1. The Labute approximate surface area is 146 Å². The van der Waals surface area contributed by atoms with E-state index in [1.54, 1.807) is 25.2 Å². The lowest BCUT2D eigenvalue weighted by Gasteiger charge is -2.42. The summed E-state index contributed by atoms with van der Waals surface area (Å²) in [5.74, 6) is -1.26. The number of carboxylic acids is 1. The second-order valence-electron chi connectivity index (χ2n) is 6.17. The van der Waals surface area contributed by atoms with Crippen LogP contribution >= 0.6 is 11.6 Å². The summed E-state index contributed by atoms with van der Waals surface area (Å²) in [4.78, 5) is 26.0. The van der Waals surface area contributed by atoms with Crippen LogP contribution in [-0.4, -0.2) is 53.2 Å². The Morgan fingerprint density at radius 3 is 2.71 bits per heavy atom. The molecule has 7 heteroatoms. The number of hydrogen-bond acceptors (Lipinski definition) is 4. The Bertz CT molecular complexity index is 637. The fourth-order valence-corrected chi connectivity index (χ4v) is 3.51. The molecular formula is C17H23ClN2O4. The summed E-state index contributed by atoms with van der Waals surface area (Å²) in [6, 6.07) is 4.98. The van der Waals surface area contributed by atoms with Crippen molar-refractivity contribution in [2.24, 2.45) is 5.41 Å². The third-order valence-electron chi connectivity index (χ3n) is 4.75. The fourth-order valence-electron chi connectivity index (χ4n) is 3.34. The Hall–Kier alpha value is -1.79. The van der Waals surface area contributed by atoms with Gasteiger partial charge in [0.15, 0.2) is 0 Å². The van der Waals surface area contributed by atoms with Crippen LogP contribution in [0.15, 0.2) is 18.2 Å². The van der Waals surface area contributed by atoms with Gasteiger partial charge in [-0.25, -0.2) is 0 Å². The number of hydrogen-bond donors (Lipinski definition) is 3. The van der Waals surface area contributed by atoms with Crippen LogP contribution in [0.5, 0.6) is 0 Å². The molecule has 1 aromatic carbocycles. The summed E-state index contributed by atoms with van der Waals surface area (Å²) in [6.45, 7) is 2.18. The molecule has 2 rings (SSSR count).